The second kappa shape index (κ2) is 6.07. The summed E-state index contributed by atoms with van der Waals surface area (Å²) < 4.78 is 5.83. The van der Waals surface area contributed by atoms with E-state index in [0.717, 1.165) is 18.5 Å². The van der Waals surface area contributed by atoms with Gasteiger partial charge in [0.1, 0.15) is 0 Å². The molecule has 0 radical (unpaired) electrons. The van der Waals surface area contributed by atoms with Gasteiger partial charge in [0, 0.05) is 17.5 Å². The van der Waals surface area contributed by atoms with Crippen LogP contribution in [0.5, 0.6) is 0 Å². The van der Waals surface area contributed by atoms with Crippen molar-refractivity contribution in [1.29, 1.82) is 0 Å². The zero-order valence-corrected chi connectivity index (χ0v) is 14.3. The molecule has 2 aromatic heterocycles. The Morgan fingerprint density at radius 2 is 2.17 bits per heavy atom. The molecule has 0 spiro atoms. The molecule has 0 saturated carbocycles. The number of nitrogens with zero attached hydrogens (tertiary/aromatic N) is 3. The predicted octanol–water partition coefficient (Wildman–Crippen LogP) is 4.57. The Balaban J connectivity index is 1.54. The van der Waals surface area contributed by atoms with Gasteiger partial charge < -0.3 is 4.42 Å². The highest BCUT2D eigenvalue weighted by molar-refractivity contribution is 7.10. The van der Waals surface area contributed by atoms with E-state index in [9.17, 15) is 0 Å². The van der Waals surface area contributed by atoms with Gasteiger partial charge in [0.15, 0.2) is 0 Å². The minimum Gasteiger partial charge on any atom is -0.419 e. The maximum absolute atomic E-state index is 6.19. The Labute approximate surface area is 143 Å². The first-order valence-electron chi connectivity index (χ1n) is 7.60. The van der Waals surface area contributed by atoms with Gasteiger partial charge in [0.25, 0.3) is 0 Å². The Bertz CT molecular complexity index is 829. The molecule has 23 heavy (non-hydrogen) atoms. The second-order valence-electron chi connectivity index (χ2n) is 5.68. The predicted molar refractivity (Wildman–Crippen MR) is 91.6 cm³/mol. The van der Waals surface area contributed by atoms with Gasteiger partial charge in [-0.15, -0.1) is 21.5 Å². The van der Waals surface area contributed by atoms with E-state index in [-0.39, 0.29) is 0 Å². The van der Waals surface area contributed by atoms with Crippen LogP contribution in [0.1, 0.15) is 29.3 Å². The molecule has 6 heteroatoms. The van der Waals surface area contributed by atoms with E-state index in [1.54, 1.807) is 0 Å². The lowest BCUT2D eigenvalue weighted by Gasteiger charge is -2.32. The summed E-state index contributed by atoms with van der Waals surface area (Å²) in [7, 11) is 0. The van der Waals surface area contributed by atoms with Crippen LogP contribution >= 0.6 is 22.9 Å². The van der Waals surface area contributed by atoms with Gasteiger partial charge in [-0.1, -0.05) is 23.7 Å². The highest BCUT2D eigenvalue weighted by atomic mass is 35.5. The fourth-order valence-electron chi connectivity index (χ4n) is 3.01. The lowest BCUT2D eigenvalue weighted by Crippen LogP contribution is -2.32. The van der Waals surface area contributed by atoms with E-state index in [2.05, 4.69) is 33.5 Å². The van der Waals surface area contributed by atoms with Crippen molar-refractivity contribution in [2.45, 2.75) is 25.9 Å². The van der Waals surface area contributed by atoms with Crippen LogP contribution in [-0.2, 0) is 13.0 Å². The summed E-state index contributed by atoms with van der Waals surface area (Å²) in [5, 5.41) is 11.1. The molecule has 0 fully saturated rings. The van der Waals surface area contributed by atoms with E-state index in [0.29, 0.717) is 29.4 Å². The Hall–Kier alpha value is -1.69. The third kappa shape index (κ3) is 2.80. The summed E-state index contributed by atoms with van der Waals surface area (Å²) in [6.45, 7) is 3.91. The number of benzene rings is 1. The monoisotopic (exact) mass is 345 g/mol. The van der Waals surface area contributed by atoms with Crippen LogP contribution in [0.25, 0.3) is 11.5 Å². The molecule has 3 aromatic rings. The molecule has 0 aliphatic carbocycles. The normalized spacial score (nSPS) is 18.1. The van der Waals surface area contributed by atoms with Crippen molar-refractivity contribution in [2.24, 2.45) is 0 Å². The van der Waals surface area contributed by atoms with Crippen LogP contribution in [0.3, 0.4) is 0 Å². The van der Waals surface area contributed by atoms with Crippen LogP contribution in [0.4, 0.5) is 0 Å². The Kier molecular flexibility index (Phi) is 3.93. The average molecular weight is 346 g/mol. The molecular weight excluding hydrogens is 330 g/mol. The molecule has 0 bridgehead atoms. The molecule has 0 amide bonds. The standard InChI is InChI=1S/C17H16ClN3OS/c1-11-12-7-9-23-15(12)6-8-21(11)10-16-19-20-17(22-16)13-4-2-3-5-14(13)18/h2-5,7,9,11H,6,8,10H2,1H3. The van der Waals surface area contributed by atoms with Gasteiger partial charge in [-0.3, -0.25) is 4.90 Å². The lowest BCUT2D eigenvalue weighted by molar-refractivity contribution is 0.174. The number of thiophene rings is 1. The van der Waals surface area contributed by atoms with E-state index < -0.39 is 0 Å². The molecule has 118 valence electrons. The van der Waals surface area contributed by atoms with Gasteiger partial charge in [-0.05, 0) is 42.5 Å². The lowest BCUT2D eigenvalue weighted by atomic mass is 10.0. The van der Waals surface area contributed by atoms with Crippen molar-refractivity contribution >= 4 is 22.9 Å². The summed E-state index contributed by atoms with van der Waals surface area (Å²) in [5.41, 5.74) is 2.20. The smallest absolute Gasteiger partial charge is 0.249 e. The van der Waals surface area contributed by atoms with Crippen LogP contribution in [0, 0.1) is 0 Å². The second-order valence-corrected chi connectivity index (χ2v) is 7.08. The largest absolute Gasteiger partial charge is 0.419 e. The topological polar surface area (TPSA) is 42.2 Å². The molecule has 1 aromatic carbocycles. The first-order chi connectivity index (χ1) is 11.2. The van der Waals surface area contributed by atoms with Crippen molar-refractivity contribution in [3.05, 3.63) is 57.1 Å². The molecule has 1 aliphatic rings. The maximum Gasteiger partial charge on any atom is 0.249 e. The number of aromatic nitrogens is 2. The zero-order valence-electron chi connectivity index (χ0n) is 12.7. The van der Waals surface area contributed by atoms with Crippen molar-refractivity contribution in [3.63, 3.8) is 0 Å². The Morgan fingerprint density at radius 1 is 1.30 bits per heavy atom. The maximum atomic E-state index is 6.19. The Morgan fingerprint density at radius 3 is 3.04 bits per heavy atom. The number of halogens is 1. The summed E-state index contributed by atoms with van der Waals surface area (Å²) in [6, 6.07) is 10.1. The number of hydrogen-bond donors (Lipinski definition) is 0. The molecule has 4 rings (SSSR count). The number of hydrogen-bond acceptors (Lipinski definition) is 5. The van der Waals surface area contributed by atoms with Gasteiger partial charge in [-0.25, -0.2) is 0 Å². The third-order valence-corrected chi connectivity index (χ3v) is 5.64. The van der Waals surface area contributed by atoms with E-state index in [4.69, 9.17) is 16.0 Å². The fourth-order valence-corrected chi connectivity index (χ4v) is 4.19. The summed E-state index contributed by atoms with van der Waals surface area (Å²) in [4.78, 5) is 3.87. The van der Waals surface area contributed by atoms with Gasteiger partial charge in [-0.2, -0.15) is 0 Å². The molecule has 0 saturated heterocycles. The molecule has 3 heterocycles. The molecule has 0 N–H and O–H groups in total. The average Bonchev–Trinajstić information content (AvgIpc) is 3.20. The molecule has 1 atom stereocenters. The number of rotatable bonds is 3. The minimum absolute atomic E-state index is 0.376. The SMILES string of the molecule is CC1c2ccsc2CCN1Cc1nnc(-c2ccccc2Cl)o1. The first kappa shape index (κ1) is 14.9. The van der Waals surface area contributed by atoms with Gasteiger partial charge in [0.05, 0.1) is 17.1 Å². The minimum atomic E-state index is 0.376. The van der Waals surface area contributed by atoms with E-state index in [1.165, 1.54) is 10.4 Å². The van der Waals surface area contributed by atoms with Crippen molar-refractivity contribution < 1.29 is 4.42 Å². The molecule has 1 aliphatic heterocycles. The summed E-state index contributed by atoms with van der Waals surface area (Å²) in [5.74, 6) is 1.11. The van der Waals surface area contributed by atoms with Crippen molar-refractivity contribution in [1.82, 2.24) is 15.1 Å². The molecule has 4 nitrogen and oxygen atoms in total. The highest BCUT2D eigenvalue weighted by Gasteiger charge is 2.26. The van der Waals surface area contributed by atoms with Gasteiger partial charge >= 0.3 is 0 Å². The first-order valence-corrected chi connectivity index (χ1v) is 8.86. The van der Waals surface area contributed by atoms with Crippen LogP contribution in [0.2, 0.25) is 5.02 Å². The van der Waals surface area contributed by atoms with Crippen LogP contribution in [-0.4, -0.2) is 21.6 Å². The van der Waals surface area contributed by atoms with E-state index >= 15 is 0 Å². The van der Waals surface area contributed by atoms with Gasteiger partial charge in [0.2, 0.25) is 11.8 Å². The van der Waals surface area contributed by atoms with Crippen LogP contribution in [0.15, 0.2) is 40.1 Å². The highest BCUT2D eigenvalue weighted by Crippen LogP contribution is 2.34. The fraction of sp³-hybridized carbons (Fsp3) is 0.294. The van der Waals surface area contributed by atoms with Crippen molar-refractivity contribution in [3.8, 4) is 11.5 Å². The zero-order chi connectivity index (χ0) is 15.8. The van der Waals surface area contributed by atoms with Crippen molar-refractivity contribution in [2.75, 3.05) is 6.54 Å². The summed E-state index contributed by atoms with van der Waals surface area (Å²) >= 11 is 8.04. The molecule has 1 unspecified atom stereocenters. The van der Waals surface area contributed by atoms with E-state index in [1.807, 2.05) is 35.6 Å². The quantitative estimate of drug-likeness (QED) is 0.697. The summed E-state index contributed by atoms with van der Waals surface area (Å²) in [6.07, 6.45) is 1.09. The molecular formula is C17H16ClN3OS. The number of fused-ring (bicyclic) bond motifs is 1. The van der Waals surface area contributed by atoms with Crippen LogP contribution < -0.4 is 0 Å². The third-order valence-electron chi connectivity index (χ3n) is 4.31.